The van der Waals surface area contributed by atoms with Crippen molar-refractivity contribution in [3.05, 3.63) is 23.4 Å². The first-order chi connectivity index (χ1) is 7.13. The van der Waals surface area contributed by atoms with Gasteiger partial charge in [0.05, 0.1) is 11.6 Å². The summed E-state index contributed by atoms with van der Waals surface area (Å²) in [7, 11) is 0. The Labute approximate surface area is 93.6 Å². The van der Waals surface area contributed by atoms with Crippen LogP contribution in [0, 0.1) is 0 Å². The van der Waals surface area contributed by atoms with E-state index in [-0.39, 0.29) is 5.97 Å². The molecule has 0 aliphatic rings. The highest BCUT2D eigenvalue weighted by Crippen LogP contribution is 2.10. The molecule has 1 N–H and O–H groups in total. The third-order valence-electron chi connectivity index (χ3n) is 1.73. The maximum Gasteiger partial charge on any atom is 0.328 e. The van der Waals surface area contributed by atoms with Crippen molar-refractivity contribution in [3.63, 3.8) is 0 Å². The van der Waals surface area contributed by atoms with E-state index in [0.29, 0.717) is 17.4 Å². The second-order valence-corrected chi connectivity index (χ2v) is 3.42. The van der Waals surface area contributed by atoms with Crippen LogP contribution in [-0.4, -0.2) is 23.6 Å². The molecule has 0 amide bonds. The van der Waals surface area contributed by atoms with Gasteiger partial charge in [-0.1, -0.05) is 11.6 Å². The Morgan fingerprint density at radius 3 is 2.93 bits per heavy atom. The molecule has 5 heteroatoms. The molecular formula is C10H13ClN2O2. The molecule has 0 saturated heterocycles. The average molecular weight is 229 g/mol. The number of aromatic nitrogens is 1. The normalized spacial score (nSPS) is 11.9. The number of esters is 1. The summed E-state index contributed by atoms with van der Waals surface area (Å²) in [4.78, 5) is 15.3. The number of rotatable bonds is 4. The Hall–Kier alpha value is -1.29. The van der Waals surface area contributed by atoms with Crippen molar-refractivity contribution in [2.24, 2.45) is 0 Å². The van der Waals surface area contributed by atoms with E-state index in [2.05, 4.69) is 10.3 Å². The fraction of sp³-hybridized carbons (Fsp3) is 0.400. The minimum Gasteiger partial charge on any atom is -0.464 e. The molecule has 0 radical (unpaired) electrons. The molecule has 1 rings (SSSR count). The number of nitrogens with zero attached hydrogens (tertiary/aromatic N) is 1. The van der Waals surface area contributed by atoms with Crippen molar-refractivity contribution in [1.29, 1.82) is 0 Å². The molecule has 0 fully saturated rings. The van der Waals surface area contributed by atoms with Gasteiger partial charge in [-0.3, -0.25) is 0 Å². The Kier molecular flexibility index (Phi) is 4.37. The number of anilines is 1. The fourth-order valence-corrected chi connectivity index (χ4v) is 1.12. The van der Waals surface area contributed by atoms with Crippen LogP contribution in [0.5, 0.6) is 0 Å². The summed E-state index contributed by atoms with van der Waals surface area (Å²) in [6.07, 6.45) is 1.52. The van der Waals surface area contributed by atoms with Crippen LogP contribution in [0.15, 0.2) is 18.3 Å². The van der Waals surface area contributed by atoms with Crippen LogP contribution in [0.2, 0.25) is 5.02 Å². The van der Waals surface area contributed by atoms with Gasteiger partial charge in [0.25, 0.3) is 0 Å². The average Bonchev–Trinajstić information content (AvgIpc) is 2.22. The van der Waals surface area contributed by atoms with Gasteiger partial charge in [-0.2, -0.15) is 0 Å². The summed E-state index contributed by atoms with van der Waals surface area (Å²) < 4.78 is 4.84. The molecular weight excluding hydrogens is 216 g/mol. The van der Waals surface area contributed by atoms with Crippen molar-refractivity contribution >= 4 is 23.4 Å². The van der Waals surface area contributed by atoms with Gasteiger partial charge in [0.15, 0.2) is 0 Å². The predicted octanol–water partition coefficient (Wildman–Crippen LogP) is 2.10. The van der Waals surface area contributed by atoms with Crippen molar-refractivity contribution in [3.8, 4) is 0 Å². The van der Waals surface area contributed by atoms with Crippen molar-refractivity contribution in [2.45, 2.75) is 19.9 Å². The number of hydrogen-bond donors (Lipinski definition) is 1. The van der Waals surface area contributed by atoms with Crippen LogP contribution < -0.4 is 5.32 Å². The van der Waals surface area contributed by atoms with E-state index >= 15 is 0 Å². The molecule has 0 aromatic carbocycles. The number of carbonyl (C=O) groups is 1. The van der Waals surface area contributed by atoms with Gasteiger partial charge in [-0.25, -0.2) is 9.78 Å². The molecule has 0 spiro atoms. The predicted molar refractivity (Wildman–Crippen MR) is 59.0 cm³/mol. The molecule has 1 unspecified atom stereocenters. The molecule has 4 nitrogen and oxygen atoms in total. The summed E-state index contributed by atoms with van der Waals surface area (Å²) in [5.41, 5.74) is 0. The van der Waals surface area contributed by atoms with Crippen LogP contribution in [0.25, 0.3) is 0 Å². The van der Waals surface area contributed by atoms with Gasteiger partial charge in [-0.05, 0) is 26.0 Å². The summed E-state index contributed by atoms with van der Waals surface area (Å²) in [5, 5.41) is 3.47. The third-order valence-corrected chi connectivity index (χ3v) is 1.96. The Bertz CT molecular complexity index is 327. The highest BCUT2D eigenvalue weighted by Gasteiger charge is 2.13. The molecule has 0 aliphatic carbocycles. The molecule has 1 aromatic rings. The number of pyridine rings is 1. The van der Waals surface area contributed by atoms with E-state index in [1.165, 1.54) is 6.20 Å². The zero-order valence-corrected chi connectivity index (χ0v) is 9.41. The van der Waals surface area contributed by atoms with Crippen LogP contribution in [0.3, 0.4) is 0 Å². The maximum atomic E-state index is 11.3. The van der Waals surface area contributed by atoms with E-state index in [1.807, 2.05) is 0 Å². The summed E-state index contributed by atoms with van der Waals surface area (Å²) in [5.74, 6) is 0.300. The quantitative estimate of drug-likeness (QED) is 0.802. The fourth-order valence-electron chi connectivity index (χ4n) is 1.01. The molecule has 0 saturated carbocycles. The first-order valence-corrected chi connectivity index (χ1v) is 5.06. The number of carbonyl (C=O) groups excluding carboxylic acids is 1. The summed E-state index contributed by atoms with van der Waals surface area (Å²) in [6.45, 7) is 3.86. The molecule has 1 atom stereocenters. The van der Waals surface area contributed by atoms with Crippen LogP contribution in [-0.2, 0) is 9.53 Å². The van der Waals surface area contributed by atoms with Crippen LogP contribution in [0.4, 0.5) is 5.82 Å². The second kappa shape index (κ2) is 5.56. The second-order valence-electron chi connectivity index (χ2n) is 2.98. The van der Waals surface area contributed by atoms with Crippen LogP contribution >= 0.6 is 11.6 Å². The van der Waals surface area contributed by atoms with Gasteiger partial charge in [0.1, 0.15) is 11.9 Å². The monoisotopic (exact) mass is 228 g/mol. The zero-order chi connectivity index (χ0) is 11.3. The van der Waals surface area contributed by atoms with Gasteiger partial charge >= 0.3 is 5.97 Å². The summed E-state index contributed by atoms with van der Waals surface area (Å²) >= 11 is 5.68. The lowest BCUT2D eigenvalue weighted by molar-refractivity contribution is -0.143. The Morgan fingerprint density at radius 2 is 2.40 bits per heavy atom. The van der Waals surface area contributed by atoms with Crippen molar-refractivity contribution in [2.75, 3.05) is 11.9 Å². The van der Waals surface area contributed by atoms with Gasteiger partial charge in [-0.15, -0.1) is 0 Å². The Balaban J connectivity index is 2.54. The lowest BCUT2D eigenvalue weighted by atomic mass is 10.3. The zero-order valence-electron chi connectivity index (χ0n) is 8.66. The molecule has 1 heterocycles. The highest BCUT2D eigenvalue weighted by molar-refractivity contribution is 6.30. The standard InChI is InChI=1S/C10H13ClN2O2/c1-3-15-10(14)7(2)13-9-5-4-8(11)6-12-9/h4-7H,3H2,1-2H3,(H,12,13). The minimum absolute atomic E-state index is 0.297. The van der Waals surface area contributed by atoms with Crippen molar-refractivity contribution in [1.82, 2.24) is 4.98 Å². The van der Waals surface area contributed by atoms with E-state index < -0.39 is 6.04 Å². The summed E-state index contributed by atoms with van der Waals surface area (Å²) in [6, 6.07) is 2.99. The number of ether oxygens (including phenoxy) is 1. The first kappa shape index (κ1) is 11.8. The smallest absolute Gasteiger partial charge is 0.328 e. The van der Waals surface area contributed by atoms with Gasteiger partial charge in [0, 0.05) is 6.20 Å². The minimum atomic E-state index is -0.418. The lowest BCUT2D eigenvalue weighted by Gasteiger charge is -2.12. The number of halogens is 1. The van der Waals surface area contributed by atoms with Gasteiger partial charge in [0.2, 0.25) is 0 Å². The van der Waals surface area contributed by atoms with E-state index in [0.717, 1.165) is 0 Å². The van der Waals surface area contributed by atoms with Crippen LogP contribution in [0.1, 0.15) is 13.8 Å². The Morgan fingerprint density at radius 1 is 1.67 bits per heavy atom. The molecule has 0 aliphatic heterocycles. The first-order valence-electron chi connectivity index (χ1n) is 4.68. The number of hydrogen-bond acceptors (Lipinski definition) is 4. The number of nitrogens with one attached hydrogen (secondary N) is 1. The van der Waals surface area contributed by atoms with Gasteiger partial charge < -0.3 is 10.1 Å². The molecule has 0 bridgehead atoms. The topological polar surface area (TPSA) is 51.2 Å². The maximum absolute atomic E-state index is 11.3. The SMILES string of the molecule is CCOC(=O)C(C)Nc1ccc(Cl)cn1. The molecule has 1 aromatic heterocycles. The third kappa shape index (κ3) is 3.75. The largest absolute Gasteiger partial charge is 0.464 e. The lowest BCUT2D eigenvalue weighted by Crippen LogP contribution is -2.28. The van der Waals surface area contributed by atoms with Crippen molar-refractivity contribution < 1.29 is 9.53 Å². The van der Waals surface area contributed by atoms with E-state index in [9.17, 15) is 4.79 Å². The van der Waals surface area contributed by atoms with E-state index in [4.69, 9.17) is 16.3 Å². The molecule has 15 heavy (non-hydrogen) atoms. The molecule has 82 valence electrons. The highest BCUT2D eigenvalue weighted by atomic mass is 35.5. The van der Waals surface area contributed by atoms with E-state index in [1.54, 1.807) is 26.0 Å².